The van der Waals surface area contributed by atoms with Crippen molar-refractivity contribution in [3.05, 3.63) is 53.1 Å². The number of carbonyl (C=O) groups excluding carboxylic acids is 1. The number of para-hydroxylation sites is 2. The minimum Gasteiger partial charge on any atom is -0.482 e. The second-order valence-corrected chi connectivity index (χ2v) is 8.79. The highest BCUT2D eigenvalue weighted by molar-refractivity contribution is 7.93. The van der Waals surface area contributed by atoms with Crippen LogP contribution in [-0.2, 0) is 10.0 Å². The zero-order valence-corrected chi connectivity index (χ0v) is 16.4. The highest BCUT2D eigenvalue weighted by Gasteiger charge is 2.36. The summed E-state index contributed by atoms with van der Waals surface area (Å²) < 4.78 is 68.8. The maximum Gasteiger partial charge on any atom is 0.422 e. The Morgan fingerprint density at radius 3 is 2.48 bits per heavy atom. The standard InChI is InChI=1S/C18H16ClF3N2O4S/c19-11-5-8-14(24-29(26,27)12-6-7-12)13(9-11)17(25)23-15-3-1-2-4-16(15)28-10-18(20,21)22/h1-5,8-9,12,24H,6-7,10H2,(H,23,25). The number of halogens is 4. The number of carbonyl (C=O) groups is 1. The predicted molar refractivity (Wildman–Crippen MR) is 103 cm³/mol. The molecule has 0 aliphatic heterocycles. The molecule has 0 saturated heterocycles. The van der Waals surface area contributed by atoms with E-state index in [-0.39, 0.29) is 27.7 Å². The number of benzene rings is 2. The highest BCUT2D eigenvalue weighted by atomic mass is 35.5. The Kier molecular flexibility index (Phi) is 5.95. The van der Waals surface area contributed by atoms with Gasteiger partial charge < -0.3 is 10.1 Å². The molecule has 0 heterocycles. The monoisotopic (exact) mass is 448 g/mol. The fraction of sp³-hybridized carbons (Fsp3) is 0.278. The number of alkyl halides is 3. The first kappa shape index (κ1) is 21.3. The van der Waals surface area contributed by atoms with Gasteiger partial charge in [0.2, 0.25) is 10.0 Å². The third-order valence-electron chi connectivity index (χ3n) is 3.97. The van der Waals surface area contributed by atoms with Gasteiger partial charge in [0.1, 0.15) is 5.75 Å². The average Bonchev–Trinajstić information content (AvgIpc) is 3.47. The van der Waals surface area contributed by atoms with Crippen LogP contribution in [0, 0.1) is 0 Å². The summed E-state index contributed by atoms with van der Waals surface area (Å²) in [5.41, 5.74) is -0.0578. The molecule has 0 unspecified atom stereocenters. The van der Waals surface area contributed by atoms with Crippen LogP contribution in [0.4, 0.5) is 24.5 Å². The molecule has 6 nitrogen and oxygen atoms in total. The number of amides is 1. The first-order valence-corrected chi connectivity index (χ1v) is 10.4. The van der Waals surface area contributed by atoms with Gasteiger partial charge in [-0.3, -0.25) is 9.52 Å². The molecule has 0 radical (unpaired) electrons. The Morgan fingerprint density at radius 1 is 1.14 bits per heavy atom. The van der Waals surface area contributed by atoms with E-state index < -0.39 is 34.0 Å². The summed E-state index contributed by atoms with van der Waals surface area (Å²) in [5.74, 6) is -0.940. The molecule has 11 heteroatoms. The molecule has 0 atom stereocenters. The van der Waals surface area contributed by atoms with Crippen molar-refractivity contribution in [3.8, 4) is 5.75 Å². The van der Waals surface area contributed by atoms with Crippen molar-refractivity contribution >= 4 is 38.9 Å². The second-order valence-electron chi connectivity index (χ2n) is 6.39. The SMILES string of the molecule is O=C(Nc1ccccc1OCC(F)(F)F)c1cc(Cl)ccc1NS(=O)(=O)C1CC1. The van der Waals surface area contributed by atoms with Crippen LogP contribution in [-0.4, -0.2) is 32.4 Å². The molecule has 156 valence electrons. The smallest absolute Gasteiger partial charge is 0.422 e. The topological polar surface area (TPSA) is 84.5 Å². The summed E-state index contributed by atoms with van der Waals surface area (Å²) in [6.07, 6.45) is -3.47. The van der Waals surface area contributed by atoms with Gasteiger partial charge in [-0.25, -0.2) is 8.42 Å². The van der Waals surface area contributed by atoms with Crippen LogP contribution in [0.25, 0.3) is 0 Å². The van der Waals surface area contributed by atoms with Gasteiger partial charge in [-0.15, -0.1) is 0 Å². The van der Waals surface area contributed by atoms with Gasteiger partial charge >= 0.3 is 6.18 Å². The minimum atomic E-state index is -4.54. The summed E-state index contributed by atoms with van der Waals surface area (Å²) in [6.45, 7) is -1.52. The van der Waals surface area contributed by atoms with Crippen LogP contribution in [0.1, 0.15) is 23.2 Å². The molecule has 1 amide bonds. The van der Waals surface area contributed by atoms with E-state index in [1.165, 1.54) is 42.5 Å². The molecule has 2 aromatic carbocycles. The number of nitrogens with one attached hydrogen (secondary N) is 2. The predicted octanol–water partition coefficient (Wildman–Crippen LogP) is 4.44. The molecule has 2 N–H and O–H groups in total. The van der Waals surface area contributed by atoms with Crippen LogP contribution in [0.15, 0.2) is 42.5 Å². The summed E-state index contributed by atoms with van der Waals surface area (Å²) in [5, 5.41) is 2.11. The molecular weight excluding hydrogens is 433 g/mol. The van der Waals surface area contributed by atoms with Crippen LogP contribution in [0.5, 0.6) is 5.75 Å². The van der Waals surface area contributed by atoms with E-state index in [0.29, 0.717) is 12.8 Å². The lowest BCUT2D eigenvalue weighted by Gasteiger charge is -2.16. The van der Waals surface area contributed by atoms with Gasteiger partial charge in [-0.05, 0) is 43.2 Å². The Bertz CT molecular complexity index is 1020. The summed E-state index contributed by atoms with van der Waals surface area (Å²) in [4.78, 5) is 12.7. The Hall–Kier alpha value is -2.46. The average molecular weight is 449 g/mol. The maximum atomic E-state index is 12.7. The normalized spacial score (nSPS) is 14.3. The van der Waals surface area contributed by atoms with Crippen molar-refractivity contribution in [2.45, 2.75) is 24.3 Å². The van der Waals surface area contributed by atoms with E-state index in [1.807, 2.05) is 0 Å². The lowest BCUT2D eigenvalue weighted by atomic mass is 10.1. The van der Waals surface area contributed by atoms with E-state index >= 15 is 0 Å². The van der Waals surface area contributed by atoms with E-state index in [9.17, 15) is 26.4 Å². The van der Waals surface area contributed by atoms with Crippen molar-refractivity contribution in [1.82, 2.24) is 0 Å². The first-order valence-electron chi connectivity index (χ1n) is 8.46. The molecule has 2 aromatic rings. The van der Waals surface area contributed by atoms with Crippen LogP contribution >= 0.6 is 11.6 Å². The van der Waals surface area contributed by atoms with Crippen molar-refractivity contribution in [1.29, 1.82) is 0 Å². The highest BCUT2D eigenvalue weighted by Crippen LogP contribution is 2.32. The van der Waals surface area contributed by atoms with Gasteiger partial charge in [0.05, 0.1) is 22.2 Å². The van der Waals surface area contributed by atoms with Crippen LogP contribution in [0.3, 0.4) is 0 Å². The van der Waals surface area contributed by atoms with E-state index in [1.54, 1.807) is 0 Å². The number of sulfonamides is 1. The van der Waals surface area contributed by atoms with Crippen LogP contribution < -0.4 is 14.8 Å². The quantitative estimate of drug-likeness (QED) is 0.656. The molecular formula is C18H16ClF3N2O4S. The van der Waals surface area contributed by atoms with Crippen molar-refractivity contribution in [2.24, 2.45) is 0 Å². The lowest BCUT2D eigenvalue weighted by Crippen LogP contribution is -2.22. The Labute approximate surface area is 170 Å². The van der Waals surface area contributed by atoms with Gasteiger partial charge in [0.25, 0.3) is 5.91 Å². The van der Waals surface area contributed by atoms with Crippen LogP contribution in [0.2, 0.25) is 5.02 Å². The van der Waals surface area contributed by atoms with Gasteiger partial charge in [0.15, 0.2) is 6.61 Å². The Morgan fingerprint density at radius 2 is 1.83 bits per heavy atom. The van der Waals surface area contributed by atoms with Crippen molar-refractivity contribution < 1.29 is 31.1 Å². The molecule has 1 fully saturated rings. The third kappa shape index (κ3) is 5.77. The van der Waals surface area contributed by atoms with Gasteiger partial charge in [0, 0.05) is 5.02 Å². The number of hydrogen-bond acceptors (Lipinski definition) is 4. The van der Waals surface area contributed by atoms with E-state index in [0.717, 1.165) is 0 Å². The molecule has 1 aliphatic rings. The number of ether oxygens (including phenoxy) is 1. The summed E-state index contributed by atoms with van der Waals surface area (Å²) in [7, 11) is -3.64. The third-order valence-corrected chi connectivity index (χ3v) is 6.06. The van der Waals surface area contributed by atoms with Crippen molar-refractivity contribution in [2.75, 3.05) is 16.6 Å². The second kappa shape index (κ2) is 8.11. The molecule has 29 heavy (non-hydrogen) atoms. The lowest BCUT2D eigenvalue weighted by molar-refractivity contribution is -0.153. The summed E-state index contributed by atoms with van der Waals surface area (Å²) in [6, 6.07) is 9.63. The molecule has 3 rings (SSSR count). The zero-order chi connectivity index (χ0) is 21.2. The Balaban J connectivity index is 1.84. The molecule has 1 saturated carbocycles. The largest absolute Gasteiger partial charge is 0.482 e. The molecule has 0 spiro atoms. The maximum absolute atomic E-state index is 12.7. The number of rotatable bonds is 7. The minimum absolute atomic E-state index is 0.00211. The number of anilines is 2. The summed E-state index contributed by atoms with van der Waals surface area (Å²) >= 11 is 5.93. The van der Waals surface area contributed by atoms with E-state index in [4.69, 9.17) is 16.3 Å². The fourth-order valence-corrected chi connectivity index (χ4v) is 4.03. The number of hydrogen-bond donors (Lipinski definition) is 2. The molecule has 0 bridgehead atoms. The zero-order valence-electron chi connectivity index (χ0n) is 14.8. The van der Waals surface area contributed by atoms with E-state index in [2.05, 4.69) is 10.0 Å². The molecule has 0 aromatic heterocycles. The molecule has 1 aliphatic carbocycles. The van der Waals surface area contributed by atoms with Gasteiger partial charge in [-0.1, -0.05) is 23.7 Å². The van der Waals surface area contributed by atoms with Crippen molar-refractivity contribution in [3.63, 3.8) is 0 Å². The fourth-order valence-electron chi connectivity index (χ4n) is 2.45. The van der Waals surface area contributed by atoms with Gasteiger partial charge in [-0.2, -0.15) is 13.2 Å². The first-order chi connectivity index (χ1) is 13.5.